The molecule has 0 aromatic heterocycles. The molecule has 0 heterocycles. The molecule has 0 aliphatic heterocycles. The topological polar surface area (TPSA) is 0 Å². The highest BCUT2D eigenvalue weighted by molar-refractivity contribution is 5.97. The van der Waals surface area contributed by atoms with Gasteiger partial charge in [-0.1, -0.05) is 222 Å². The van der Waals surface area contributed by atoms with Gasteiger partial charge < -0.3 is 0 Å². The number of rotatable bonds is 11. The number of aryl methyl sites for hydroxylation is 1. The summed E-state index contributed by atoms with van der Waals surface area (Å²) in [6.45, 7) is 20.5. The molecule has 3 atom stereocenters. The van der Waals surface area contributed by atoms with Gasteiger partial charge in [-0.15, -0.1) is 0 Å². The lowest BCUT2D eigenvalue weighted by atomic mass is 9.74. The van der Waals surface area contributed by atoms with Gasteiger partial charge in [0.05, 0.1) is 0 Å². The molecule has 342 valence electrons. The lowest BCUT2D eigenvalue weighted by Crippen LogP contribution is -2.13. The molecule has 0 spiro atoms. The molecule has 3 aliphatic rings. The normalized spacial score (nSPS) is 16.6. The maximum Gasteiger partial charge on any atom is 0.0117 e. The van der Waals surface area contributed by atoms with E-state index < -0.39 is 0 Å². The molecule has 0 radical (unpaired) electrons. The fraction of sp³-hybridized carbons (Fsp3) is 0.265. The Balaban J connectivity index is 0.00000285. The van der Waals surface area contributed by atoms with Gasteiger partial charge in [-0.05, 0) is 177 Å². The molecule has 0 amide bonds. The number of fused-ring (bicyclic) bond motifs is 2. The van der Waals surface area contributed by atoms with Crippen molar-refractivity contribution in [2.75, 3.05) is 0 Å². The van der Waals surface area contributed by atoms with Crippen LogP contribution in [0.4, 0.5) is 0 Å². The smallest absolute Gasteiger partial charge is 0.0117 e. The second kappa shape index (κ2) is 20.8. The average Bonchev–Trinajstić information content (AvgIpc) is 3.70. The molecule has 0 N–H and O–H groups in total. The fourth-order valence-corrected chi connectivity index (χ4v) is 12.0. The minimum absolute atomic E-state index is 0.212. The highest BCUT2D eigenvalue weighted by Gasteiger charge is 2.33. The van der Waals surface area contributed by atoms with E-state index in [1.807, 2.05) is 13.8 Å². The summed E-state index contributed by atoms with van der Waals surface area (Å²) >= 11 is 0. The van der Waals surface area contributed by atoms with Crippen LogP contribution < -0.4 is 0 Å². The standard InChI is InChI=1S/C66H64.C2H6/c1-43-22-16-17-33-59(43)64(45(3)36-44(2)49-23-10-7-11-24-49)46(4)56-39-57(50-25-12-8-13-26-50)41-58(40-56)54-31-20-29-52(37-54)53-30-21-32-55(38-53)63-42-62(51-27-14-9-15-28-51)48(6)65-47(5)60-34-18-19-35-61(60)66(63)65;1-2/h8-9,12-17,19-22,25-33,35-42,46-47,49,64H,2,7,10-11,18,23-24,34H2,1,3-6H3;1-2H3/b45-36-;. The van der Waals surface area contributed by atoms with Crippen LogP contribution in [0.3, 0.4) is 0 Å². The summed E-state index contributed by atoms with van der Waals surface area (Å²) in [5, 5.41) is 0. The first-order chi connectivity index (χ1) is 33.2. The van der Waals surface area contributed by atoms with Crippen molar-refractivity contribution in [1.29, 1.82) is 0 Å². The Kier molecular flexibility index (Phi) is 14.2. The lowest BCUT2D eigenvalue weighted by molar-refractivity contribution is 0.408. The minimum atomic E-state index is 0.212. The van der Waals surface area contributed by atoms with E-state index in [2.05, 4.69) is 217 Å². The molecule has 0 bridgehead atoms. The molecule has 7 aromatic carbocycles. The maximum atomic E-state index is 4.69. The number of hydrogen-bond donors (Lipinski definition) is 0. The van der Waals surface area contributed by atoms with E-state index in [9.17, 15) is 0 Å². The van der Waals surface area contributed by atoms with Crippen LogP contribution in [0, 0.1) is 19.8 Å². The van der Waals surface area contributed by atoms with E-state index in [4.69, 9.17) is 0 Å². The minimum Gasteiger partial charge on any atom is -0.0956 e. The Morgan fingerprint density at radius 3 is 1.84 bits per heavy atom. The van der Waals surface area contributed by atoms with Gasteiger partial charge in [0.1, 0.15) is 0 Å². The first-order valence-electron chi connectivity index (χ1n) is 25.7. The molecular formula is C68H70. The molecule has 7 aromatic rings. The predicted octanol–water partition coefficient (Wildman–Crippen LogP) is 19.9. The number of allylic oxidation sites excluding steroid dienone is 7. The fourth-order valence-electron chi connectivity index (χ4n) is 12.0. The summed E-state index contributed by atoms with van der Waals surface area (Å²) in [7, 11) is 0. The van der Waals surface area contributed by atoms with E-state index in [1.165, 1.54) is 138 Å². The van der Waals surface area contributed by atoms with E-state index in [-0.39, 0.29) is 11.8 Å². The number of benzene rings is 7. The quantitative estimate of drug-likeness (QED) is 0.114. The van der Waals surface area contributed by atoms with E-state index in [0.29, 0.717) is 11.8 Å². The van der Waals surface area contributed by atoms with Crippen molar-refractivity contribution in [3.8, 4) is 55.6 Å². The molecular weight excluding hydrogens is 817 g/mol. The van der Waals surface area contributed by atoms with E-state index in [0.717, 1.165) is 12.8 Å². The Hall–Kier alpha value is -6.50. The summed E-state index contributed by atoms with van der Waals surface area (Å²) in [4.78, 5) is 0. The van der Waals surface area contributed by atoms with Gasteiger partial charge in [-0.2, -0.15) is 0 Å². The summed E-state index contributed by atoms with van der Waals surface area (Å²) in [6, 6.07) is 59.3. The largest absolute Gasteiger partial charge is 0.0956 e. The molecule has 1 saturated carbocycles. The van der Waals surface area contributed by atoms with Crippen LogP contribution in [0.25, 0.3) is 61.2 Å². The second-order valence-electron chi connectivity index (χ2n) is 19.6. The first kappa shape index (κ1) is 46.6. The molecule has 0 saturated heterocycles. The number of hydrogen-bond acceptors (Lipinski definition) is 0. The zero-order chi connectivity index (χ0) is 47.3. The Morgan fingerprint density at radius 1 is 0.603 bits per heavy atom. The third kappa shape index (κ3) is 9.36. The van der Waals surface area contributed by atoms with Crippen molar-refractivity contribution in [3.05, 3.63) is 233 Å². The third-order valence-corrected chi connectivity index (χ3v) is 15.5. The summed E-state index contributed by atoms with van der Waals surface area (Å²) in [5.41, 5.74) is 26.8. The van der Waals surface area contributed by atoms with Gasteiger partial charge in [-0.25, -0.2) is 0 Å². The maximum absolute atomic E-state index is 4.69. The van der Waals surface area contributed by atoms with Crippen molar-refractivity contribution < 1.29 is 0 Å². The summed E-state index contributed by atoms with van der Waals surface area (Å²) in [5.74, 6) is 1.44. The Labute approximate surface area is 408 Å². The monoisotopic (exact) mass is 887 g/mol. The van der Waals surface area contributed by atoms with Crippen LogP contribution in [0.15, 0.2) is 199 Å². The van der Waals surface area contributed by atoms with Crippen molar-refractivity contribution >= 4 is 5.57 Å². The molecule has 0 nitrogen and oxygen atoms in total. The molecule has 0 heteroatoms. The van der Waals surface area contributed by atoms with Gasteiger partial charge in [-0.3, -0.25) is 0 Å². The molecule has 1 fully saturated rings. The zero-order valence-electron chi connectivity index (χ0n) is 41.7. The van der Waals surface area contributed by atoms with Gasteiger partial charge >= 0.3 is 0 Å². The van der Waals surface area contributed by atoms with Crippen LogP contribution in [-0.2, 0) is 0 Å². The van der Waals surface area contributed by atoms with E-state index >= 15 is 0 Å². The third-order valence-electron chi connectivity index (χ3n) is 15.5. The molecule has 10 rings (SSSR count). The van der Waals surface area contributed by atoms with Crippen molar-refractivity contribution in [1.82, 2.24) is 0 Å². The van der Waals surface area contributed by atoms with E-state index in [1.54, 1.807) is 5.57 Å². The van der Waals surface area contributed by atoms with Crippen molar-refractivity contribution in [3.63, 3.8) is 0 Å². The predicted molar refractivity (Wildman–Crippen MR) is 295 cm³/mol. The SMILES string of the molecule is C=C(/C=C(/C)C(c1ccccc1C)C(C)c1cc(-c2ccccc2)cc(-c2cccc(-c3cccc(-c4cc(-c5ccccc5)c(C)c5c4C4=C(CCC=C4)C5C)c3)c2)c1)C1CCCCC1.CC. The van der Waals surface area contributed by atoms with Crippen LogP contribution in [0.1, 0.15) is 131 Å². The molecule has 3 unspecified atom stereocenters. The highest BCUT2D eigenvalue weighted by Crippen LogP contribution is 2.53. The first-order valence-corrected chi connectivity index (χ1v) is 25.7. The molecule has 3 aliphatic carbocycles. The summed E-state index contributed by atoms with van der Waals surface area (Å²) in [6.07, 6.45) is 16.0. The van der Waals surface area contributed by atoms with Crippen LogP contribution in [-0.4, -0.2) is 0 Å². The highest BCUT2D eigenvalue weighted by atomic mass is 14.4. The van der Waals surface area contributed by atoms with Crippen LogP contribution >= 0.6 is 0 Å². The Bertz CT molecular complexity index is 3020. The van der Waals surface area contributed by atoms with Crippen LogP contribution in [0.2, 0.25) is 0 Å². The average molecular weight is 887 g/mol. The van der Waals surface area contributed by atoms with Crippen molar-refractivity contribution in [2.24, 2.45) is 5.92 Å². The van der Waals surface area contributed by atoms with Crippen molar-refractivity contribution in [2.45, 2.75) is 111 Å². The summed E-state index contributed by atoms with van der Waals surface area (Å²) < 4.78 is 0. The molecule has 68 heavy (non-hydrogen) atoms. The van der Waals surface area contributed by atoms with Crippen LogP contribution in [0.5, 0.6) is 0 Å². The Morgan fingerprint density at radius 2 is 1.16 bits per heavy atom. The van der Waals surface area contributed by atoms with Gasteiger partial charge in [0.15, 0.2) is 0 Å². The van der Waals surface area contributed by atoms with Gasteiger partial charge in [0.25, 0.3) is 0 Å². The lowest BCUT2D eigenvalue weighted by Gasteiger charge is -2.30. The van der Waals surface area contributed by atoms with Gasteiger partial charge in [0, 0.05) is 11.8 Å². The second-order valence-corrected chi connectivity index (χ2v) is 19.6. The van der Waals surface area contributed by atoms with Gasteiger partial charge in [0.2, 0.25) is 0 Å². The zero-order valence-corrected chi connectivity index (χ0v) is 41.7.